The second-order valence-corrected chi connectivity index (χ2v) is 5.13. The van der Waals surface area contributed by atoms with Gasteiger partial charge in [-0.25, -0.2) is 8.42 Å². The van der Waals surface area contributed by atoms with E-state index in [0.717, 1.165) is 0 Å². The Hall–Kier alpha value is -1.31. The second kappa shape index (κ2) is 5.47. The van der Waals surface area contributed by atoms with Gasteiger partial charge in [0.15, 0.2) is 11.6 Å². The normalized spacial score (nSPS) is 17.9. The number of fused-ring (bicyclic) bond motifs is 2. The van der Waals surface area contributed by atoms with E-state index in [1.807, 2.05) is 0 Å². The summed E-state index contributed by atoms with van der Waals surface area (Å²) < 4.78 is 88.3. The van der Waals surface area contributed by atoms with Crippen LogP contribution >= 0.6 is 0 Å². The first kappa shape index (κ1) is 8.97. The molecule has 21 heavy (non-hydrogen) atoms. The summed E-state index contributed by atoms with van der Waals surface area (Å²) in [4.78, 5) is 24.1. The van der Waals surface area contributed by atoms with Crippen LogP contribution in [0.5, 0.6) is 0 Å². The summed E-state index contributed by atoms with van der Waals surface area (Å²) in [5, 5.41) is 0. The molecule has 0 aliphatic heterocycles. The quantitative estimate of drug-likeness (QED) is 0.397. The first-order valence-corrected chi connectivity index (χ1v) is 6.52. The fraction of sp³-hybridized carbons (Fsp3) is 0. The largest absolute Gasteiger partial charge is 1.00 e. The van der Waals surface area contributed by atoms with E-state index in [1.165, 1.54) is 0 Å². The summed E-state index contributed by atoms with van der Waals surface area (Å²) >= 11 is 0. The molecule has 0 atom stereocenters. The maximum Gasteiger partial charge on any atom is 1.00 e. The minimum absolute atomic E-state index is 0. The van der Waals surface area contributed by atoms with Crippen LogP contribution in [0.25, 0.3) is 0 Å². The van der Waals surface area contributed by atoms with Crippen molar-refractivity contribution in [3.8, 4) is 0 Å². The van der Waals surface area contributed by atoms with Gasteiger partial charge in [-0.05, 0) is 18.1 Å². The van der Waals surface area contributed by atoms with Gasteiger partial charge in [-0.3, -0.25) is 9.59 Å². The third-order valence-corrected chi connectivity index (χ3v) is 3.34. The van der Waals surface area contributed by atoms with Gasteiger partial charge in [-0.1, -0.05) is 24.2 Å². The standard InChI is InChI=1S/C14H8O5S.Na/c15-13-9-3-1-2-4-10(9)14(16)12-7-8(20(17,18)19)5-6-11(12)13;/h1-7H,(H,17,18,19);/q;+1/p-1/i1D,2D,3D,4D,5D,6D,7D;. The molecule has 100 valence electrons. The predicted octanol–water partition coefficient (Wildman–Crippen LogP) is -1.63. The number of carbonyl (C=O) groups excluding carboxylic acids is 2. The summed E-state index contributed by atoms with van der Waals surface area (Å²) in [5.41, 5.74) is -3.31. The van der Waals surface area contributed by atoms with E-state index in [4.69, 9.17) is 9.60 Å². The molecular formula is C14H7NaO5S. The zero-order valence-electron chi connectivity index (χ0n) is 17.4. The molecule has 5 nitrogen and oxygen atoms in total. The Balaban J connectivity index is 0.00000280. The number of benzene rings is 2. The Morgan fingerprint density at radius 3 is 1.86 bits per heavy atom. The third kappa shape index (κ3) is 2.61. The molecule has 0 saturated carbocycles. The molecule has 1 aliphatic rings. The van der Waals surface area contributed by atoms with E-state index in [9.17, 15) is 22.6 Å². The van der Waals surface area contributed by atoms with Gasteiger partial charge in [0, 0.05) is 22.3 Å². The summed E-state index contributed by atoms with van der Waals surface area (Å²) in [6.07, 6.45) is 0. The summed E-state index contributed by atoms with van der Waals surface area (Å²) in [6.45, 7) is 0. The van der Waals surface area contributed by atoms with E-state index in [2.05, 4.69) is 0 Å². The van der Waals surface area contributed by atoms with Gasteiger partial charge in [0.25, 0.3) is 0 Å². The number of hydrogen-bond acceptors (Lipinski definition) is 5. The van der Waals surface area contributed by atoms with E-state index in [1.54, 1.807) is 0 Å². The average molecular weight is 317 g/mol. The molecule has 0 bridgehead atoms. The van der Waals surface area contributed by atoms with Crippen molar-refractivity contribution < 1.29 is 61.7 Å². The van der Waals surface area contributed by atoms with Gasteiger partial charge >= 0.3 is 29.6 Å². The van der Waals surface area contributed by atoms with Gasteiger partial charge in [-0.2, -0.15) is 0 Å². The first-order valence-electron chi connectivity index (χ1n) is 8.61. The maximum absolute atomic E-state index is 12.8. The van der Waals surface area contributed by atoms with Crippen molar-refractivity contribution in [3.63, 3.8) is 0 Å². The van der Waals surface area contributed by atoms with E-state index in [0.29, 0.717) is 0 Å². The fourth-order valence-corrected chi connectivity index (χ4v) is 2.16. The van der Waals surface area contributed by atoms with E-state index >= 15 is 0 Å². The van der Waals surface area contributed by atoms with Crippen molar-refractivity contribution in [2.45, 2.75) is 4.90 Å². The first-order chi connectivity index (χ1) is 12.3. The molecule has 0 spiro atoms. The molecule has 0 unspecified atom stereocenters. The molecule has 0 heterocycles. The molecule has 2 aromatic carbocycles. The predicted molar refractivity (Wildman–Crippen MR) is 67.7 cm³/mol. The summed E-state index contributed by atoms with van der Waals surface area (Å²) in [7, 11) is -5.43. The van der Waals surface area contributed by atoms with Gasteiger partial charge in [0.05, 0.1) is 14.5 Å². The Labute approximate surface area is 152 Å². The Morgan fingerprint density at radius 1 is 0.857 bits per heavy atom. The van der Waals surface area contributed by atoms with Crippen molar-refractivity contribution in [1.29, 1.82) is 0 Å². The summed E-state index contributed by atoms with van der Waals surface area (Å²) in [6, 6.07) is -6.92. The van der Waals surface area contributed by atoms with E-state index in [-0.39, 0.29) is 29.6 Å². The van der Waals surface area contributed by atoms with Crippen molar-refractivity contribution in [2.24, 2.45) is 0 Å². The van der Waals surface area contributed by atoms with Crippen LogP contribution < -0.4 is 29.6 Å². The molecule has 0 N–H and O–H groups in total. The van der Waals surface area contributed by atoms with Gasteiger partial charge in [0.2, 0.25) is 0 Å². The molecule has 0 radical (unpaired) electrons. The minimum Gasteiger partial charge on any atom is -0.744 e. The molecule has 3 rings (SSSR count). The third-order valence-electron chi connectivity index (χ3n) is 2.64. The zero-order chi connectivity index (χ0) is 20.6. The Morgan fingerprint density at radius 2 is 1.33 bits per heavy atom. The molecule has 0 aromatic heterocycles. The second-order valence-electron chi connectivity index (χ2n) is 3.82. The van der Waals surface area contributed by atoms with Crippen molar-refractivity contribution in [2.75, 3.05) is 0 Å². The van der Waals surface area contributed by atoms with Crippen LogP contribution in [0.2, 0.25) is 0 Å². The van der Waals surface area contributed by atoms with Crippen LogP contribution in [0.1, 0.15) is 41.4 Å². The number of rotatable bonds is 1. The SMILES string of the molecule is [2H]c1c([2H])c([2H])c2c(c1[2H])C(=O)c1c([2H])c([2H])c(S(=O)(=O)[O-])c([2H])c1C2=O.[Na+]. The monoisotopic (exact) mass is 317 g/mol. The summed E-state index contributed by atoms with van der Waals surface area (Å²) in [5.74, 6) is -2.52. The van der Waals surface area contributed by atoms with Crippen molar-refractivity contribution in [1.82, 2.24) is 0 Å². The van der Waals surface area contributed by atoms with Crippen LogP contribution in [0.3, 0.4) is 0 Å². The van der Waals surface area contributed by atoms with Crippen LogP contribution in [-0.4, -0.2) is 24.5 Å². The zero-order valence-corrected chi connectivity index (χ0v) is 13.3. The molecular weight excluding hydrogens is 303 g/mol. The van der Waals surface area contributed by atoms with Crippen LogP contribution in [-0.2, 0) is 10.1 Å². The van der Waals surface area contributed by atoms with Gasteiger partial charge < -0.3 is 4.55 Å². The van der Waals surface area contributed by atoms with Crippen molar-refractivity contribution in [3.05, 3.63) is 64.6 Å². The molecule has 0 fully saturated rings. The molecule has 0 saturated heterocycles. The fourth-order valence-electron chi connectivity index (χ4n) is 1.76. The van der Waals surface area contributed by atoms with Crippen LogP contribution in [0, 0.1) is 0 Å². The van der Waals surface area contributed by atoms with Gasteiger partial charge in [-0.15, -0.1) is 0 Å². The molecule has 7 heteroatoms. The van der Waals surface area contributed by atoms with E-state index < -0.39 is 91.1 Å². The molecule has 0 amide bonds. The van der Waals surface area contributed by atoms with Crippen molar-refractivity contribution >= 4 is 21.7 Å². The topological polar surface area (TPSA) is 91.3 Å². The minimum atomic E-state index is -5.43. The van der Waals surface area contributed by atoms with Crippen LogP contribution in [0.4, 0.5) is 0 Å². The molecule has 1 aliphatic carbocycles. The van der Waals surface area contributed by atoms with Crippen LogP contribution in [0.15, 0.2) is 47.2 Å². The average Bonchev–Trinajstić information content (AvgIpc) is 2.56. The number of hydrogen-bond donors (Lipinski definition) is 0. The Kier molecular flexibility index (Phi) is 2.34. The molecule has 2 aromatic rings. The Bertz CT molecular complexity index is 1210. The van der Waals surface area contributed by atoms with Gasteiger partial charge in [0.1, 0.15) is 10.1 Å². The number of carbonyl (C=O) groups is 2. The number of ketones is 2. The smallest absolute Gasteiger partial charge is 0.744 e. The maximum atomic E-state index is 12.8.